The van der Waals surface area contributed by atoms with E-state index in [2.05, 4.69) is 82.7 Å². The molecule has 10 heteroatoms. The van der Waals surface area contributed by atoms with Gasteiger partial charge in [-0.3, -0.25) is 4.57 Å². The molecule has 170 valence electrons. The van der Waals surface area contributed by atoms with Crippen LogP contribution in [0.25, 0.3) is 11.2 Å². The van der Waals surface area contributed by atoms with E-state index in [1.165, 1.54) is 0 Å². The van der Waals surface area contributed by atoms with Gasteiger partial charge in [-0.05, 0) is 36.3 Å². The number of nitrogen functional groups attached to an aromatic ring is 1. The van der Waals surface area contributed by atoms with Gasteiger partial charge in [0, 0.05) is 0 Å². The Morgan fingerprint density at radius 1 is 0.933 bits per heavy atom. The molecule has 0 aliphatic carbocycles. The molecule has 8 nitrogen and oxygen atoms in total. The van der Waals surface area contributed by atoms with Gasteiger partial charge in [-0.1, -0.05) is 41.5 Å². The first-order chi connectivity index (χ1) is 13.6. The molecule has 2 heterocycles. The van der Waals surface area contributed by atoms with E-state index in [0.29, 0.717) is 37.0 Å². The minimum Gasteiger partial charge on any atom is -0.529 e. The zero-order valence-corrected chi connectivity index (χ0v) is 22.3. The summed E-state index contributed by atoms with van der Waals surface area (Å²) in [7, 11) is -3.85. The van der Waals surface area contributed by atoms with E-state index >= 15 is 0 Å². The van der Waals surface area contributed by atoms with Crippen LogP contribution in [0.2, 0.25) is 36.3 Å². The molecule has 2 aromatic heterocycles. The van der Waals surface area contributed by atoms with Crippen LogP contribution >= 0.6 is 0 Å². The Morgan fingerprint density at radius 3 is 2.10 bits per heavy atom. The Balaban J connectivity index is 2.08. The summed E-state index contributed by atoms with van der Waals surface area (Å²) in [6.07, 6.45) is 1.69. The lowest BCUT2D eigenvalue weighted by molar-refractivity contribution is 0.0525. The molecule has 0 saturated heterocycles. The summed E-state index contributed by atoms with van der Waals surface area (Å²) >= 11 is 0. The Bertz CT molecular complexity index is 870. The van der Waals surface area contributed by atoms with Gasteiger partial charge >= 0.3 is 0 Å². The molecule has 0 unspecified atom stereocenters. The van der Waals surface area contributed by atoms with Gasteiger partial charge in [-0.25, -0.2) is 4.98 Å². The van der Waals surface area contributed by atoms with Gasteiger partial charge < -0.3 is 19.3 Å². The molecule has 0 radical (unpaired) electrons. The van der Waals surface area contributed by atoms with Crippen molar-refractivity contribution in [3.8, 4) is 5.88 Å². The third-order valence-electron chi connectivity index (χ3n) is 6.33. The molecule has 0 spiro atoms. The minimum absolute atomic E-state index is 0.0366. The number of ether oxygens (including phenoxy) is 1. The van der Waals surface area contributed by atoms with Crippen molar-refractivity contribution >= 4 is 33.7 Å². The SMILES string of the molecule is CC(C)(C)[Si](C)(C)OCCOCn1cnc2c(O[Si](C)(C)C(C)(C)C)nc(N)nc21. The van der Waals surface area contributed by atoms with Crippen LogP contribution in [0, 0.1) is 0 Å². The maximum atomic E-state index is 6.36. The average Bonchev–Trinajstić information content (AvgIpc) is 2.95. The van der Waals surface area contributed by atoms with E-state index in [0.717, 1.165) is 0 Å². The smallest absolute Gasteiger partial charge is 0.252 e. The summed E-state index contributed by atoms with van der Waals surface area (Å²) in [6, 6.07) is 0. The van der Waals surface area contributed by atoms with Crippen molar-refractivity contribution in [3.05, 3.63) is 6.33 Å². The molecule has 0 atom stereocenters. The summed E-state index contributed by atoms with van der Waals surface area (Å²) in [4.78, 5) is 13.1. The Labute approximate surface area is 182 Å². The van der Waals surface area contributed by atoms with Crippen LogP contribution < -0.4 is 10.2 Å². The number of imidazole rings is 1. The summed E-state index contributed by atoms with van der Waals surface area (Å²) in [6.45, 7) is 23.4. The predicted octanol–water partition coefficient (Wildman–Crippen LogP) is 4.79. The molecule has 2 aromatic rings. The monoisotopic (exact) mass is 453 g/mol. The Hall–Kier alpha value is -1.50. The highest BCUT2D eigenvalue weighted by molar-refractivity contribution is 6.75. The third-order valence-corrected chi connectivity index (χ3v) is 15.2. The molecule has 0 bridgehead atoms. The normalized spacial score (nSPS) is 13.8. The highest BCUT2D eigenvalue weighted by Gasteiger charge is 2.40. The van der Waals surface area contributed by atoms with Gasteiger partial charge in [-0.15, -0.1) is 0 Å². The van der Waals surface area contributed by atoms with E-state index in [1.54, 1.807) is 6.33 Å². The fraction of sp³-hybridized carbons (Fsp3) is 0.750. The van der Waals surface area contributed by atoms with Crippen LogP contribution in [-0.4, -0.2) is 49.4 Å². The average molecular weight is 454 g/mol. The highest BCUT2D eigenvalue weighted by atomic mass is 28.4. The molecule has 0 aromatic carbocycles. The van der Waals surface area contributed by atoms with Crippen LogP contribution in [0.5, 0.6) is 5.88 Å². The molecule has 0 saturated carbocycles. The fourth-order valence-electron chi connectivity index (χ4n) is 2.23. The molecule has 0 aliphatic rings. The Morgan fingerprint density at radius 2 is 1.53 bits per heavy atom. The van der Waals surface area contributed by atoms with E-state index < -0.39 is 16.6 Å². The first-order valence-electron chi connectivity index (χ1n) is 10.4. The molecule has 2 rings (SSSR count). The van der Waals surface area contributed by atoms with Crippen LogP contribution in [0.3, 0.4) is 0 Å². The molecular formula is C20H39N5O3Si2. The summed E-state index contributed by atoms with van der Waals surface area (Å²) in [5, 5.41) is 0.220. The van der Waals surface area contributed by atoms with Gasteiger partial charge in [0.1, 0.15) is 6.73 Å². The van der Waals surface area contributed by atoms with Crippen molar-refractivity contribution in [2.24, 2.45) is 0 Å². The second-order valence-electron chi connectivity index (χ2n) is 10.8. The molecule has 2 N–H and O–H groups in total. The van der Waals surface area contributed by atoms with Gasteiger partial charge in [-0.2, -0.15) is 9.97 Å². The maximum Gasteiger partial charge on any atom is 0.252 e. The van der Waals surface area contributed by atoms with Crippen molar-refractivity contribution in [1.29, 1.82) is 0 Å². The number of fused-ring (bicyclic) bond motifs is 1. The third kappa shape index (κ3) is 5.60. The topological polar surface area (TPSA) is 97.3 Å². The molecule has 0 fully saturated rings. The van der Waals surface area contributed by atoms with Gasteiger partial charge in [0.05, 0.1) is 19.5 Å². The molecule has 0 aliphatic heterocycles. The number of hydrogen-bond acceptors (Lipinski definition) is 7. The second kappa shape index (κ2) is 8.56. The lowest BCUT2D eigenvalue weighted by Gasteiger charge is -2.36. The number of aromatic nitrogens is 4. The number of anilines is 1. The summed E-state index contributed by atoms with van der Waals surface area (Å²) in [5.41, 5.74) is 7.18. The molecule has 0 amide bonds. The highest BCUT2D eigenvalue weighted by Crippen LogP contribution is 2.38. The van der Waals surface area contributed by atoms with Crippen LogP contribution in [-0.2, 0) is 15.9 Å². The maximum absolute atomic E-state index is 6.36. The first kappa shape index (κ1) is 24.8. The lowest BCUT2D eigenvalue weighted by Crippen LogP contribution is -2.44. The van der Waals surface area contributed by atoms with E-state index in [-0.39, 0.29) is 16.0 Å². The van der Waals surface area contributed by atoms with Crippen LogP contribution in [0.4, 0.5) is 5.95 Å². The molecule has 30 heavy (non-hydrogen) atoms. The largest absolute Gasteiger partial charge is 0.529 e. The number of nitrogens with zero attached hydrogens (tertiary/aromatic N) is 4. The van der Waals surface area contributed by atoms with Crippen molar-refractivity contribution in [1.82, 2.24) is 19.5 Å². The van der Waals surface area contributed by atoms with Crippen LogP contribution in [0.1, 0.15) is 41.5 Å². The Kier molecular flexibility index (Phi) is 7.07. The van der Waals surface area contributed by atoms with E-state index in [4.69, 9.17) is 19.3 Å². The predicted molar refractivity (Wildman–Crippen MR) is 127 cm³/mol. The van der Waals surface area contributed by atoms with E-state index in [1.807, 2.05) is 4.57 Å². The first-order valence-corrected chi connectivity index (χ1v) is 16.3. The number of hydrogen-bond donors (Lipinski definition) is 1. The second-order valence-corrected chi connectivity index (χ2v) is 20.3. The fourth-order valence-corrected chi connectivity index (χ4v) is 4.19. The summed E-state index contributed by atoms with van der Waals surface area (Å²) < 4.78 is 20.1. The minimum atomic E-state index is -2.09. The van der Waals surface area contributed by atoms with Crippen molar-refractivity contribution < 1.29 is 13.6 Å². The number of nitrogens with two attached hydrogens (primary N) is 1. The van der Waals surface area contributed by atoms with Gasteiger partial charge in [0.25, 0.3) is 8.32 Å². The molecular weight excluding hydrogens is 414 g/mol. The van der Waals surface area contributed by atoms with Crippen molar-refractivity contribution in [2.75, 3.05) is 18.9 Å². The number of rotatable bonds is 8. The van der Waals surface area contributed by atoms with Crippen molar-refractivity contribution in [3.63, 3.8) is 0 Å². The van der Waals surface area contributed by atoms with E-state index in [9.17, 15) is 0 Å². The van der Waals surface area contributed by atoms with Gasteiger partial charge in [0.2, 0.25) is 11.8 Å². The zero-order chi connectivity index (χ0) is 23.0. The quantitative estimate of drug-likeness (QED) is 0.453. The van der Waals surface area contributed by atoms with Gasteiger partial charge in [0.15, 0.2) is 19.5 Å². The van der Waals surface area contributed by atoms with Crippen molar-refractivity contribution in [2.45, 2.75) is 84.5 Å². The zero-order valence-electron chi connectivity index (χ0n) is 20.3. The lowest BCUT2D eigenvalue weighted by atomic mass is 10.2. The van der Waals surface area contributed by atoms with Crippen LogP contribution in [0.15, 0.2) is 6.33 Å². The standard InChI is InChI=1S/C20H39N5O3Si2/c1-19(2,3)29(7,8)27-12-11-26-14-25-13-22-15-16(25)23-18(21)24-17(15)28-30(9,10)20(4,5)6/h13H,11-12,14H2,1-10H3,(H2,21,23,24). The summed E-state index contributed by atoms with van der Waals surface area (Å²) in [5.74, 6) is 0.614.